The van der Waals surface area contributed by atoms with Crippen LogP contribution in [0.5, 0.6) is 0 Å². The molecular weight excluding hydrogens is 351 g/mol. The van der Waals surface area contributed by atoms with Gasteiger partial charge in [0.25, 0.3) is 10.0 Å². The predicted molar refractivity (Wildman–Crippen MR) is 88.4 cm³/mol. The fourth-order valence-corrected chi connectivity index (χ4v) is 2.98. The number of hydrogen-bond donors (Lipinski definition) is 1. The van der Waals surface area contributed by atoms with Crippen LogP contribution in [0.1, 0.15) is 0 Å². The summed E-state index contributed by atoms with van der Waals surface area (Å²) in [5.41, 5.74) is 0.851. The lowest BCUT2D eigenvalue weighted by atomic mass is 10.3. The first-order chi connectivity index (χ1) is 9.92. The molecule has 108 valence electrons. The monoisotopic (exact) mass is 358 g/mol. The third-order valence-electron chi connectivity index (χ3n) is 2.49. The smallest absolute Gasteiger partial charge is 0.261 e. The van der Waals surface area contributed by atoms with Gasteiger partial charge in [0.2, 0.25) is 0 Å². The van der Waals surface area contributed by atoms with E-state index in [0.29, 0.717) is 16.4 Å². The van der Waals surface area contributed by atoms with Crippen molar-refractivity contribution in [3.05, 3.63) is 52.5 Å². The number of hydrogen-bond acceptors (Lipinski definition) is 4. The van der Waals surface area contributed by atoms with E-state index in [1.54, 1.807) is 0 Å². The Bertz CT molecular complexity index is 815. The highest BCUT2D eigenvalue weighted by molar-refractivity contribution is 7.92. The van der Waals surface area contributed by atoms with E-state index < -0.39 is 10.0 Å². The lowest BCUT2D eigenvalue weighted by Crippen LogP contribution is -2.12. The molecule has 2 aromatic carbocycles. The minimum Gasteiger partial charge on any atom is -0.280 e. The Balaban J connectivity index is 2.29. The zero-order chi connectivity index (χ0) is 15.5. The van der Waals surface area contributed by atoms with Crippen LogP contribution in [-0.4, -0.2) is 13.6 Å². The van der Waals surface area contributed by atoms with Crippen LogP contribution in [0.4, 0.5) is 11.4 Å². The molecular formula is C13H8Cl2N2O2S2. The van der Waals surface area contributed by atoms with Gasteiger partial charge in [-0.15, -0.1) is 0 Å². The van der Waals surface area contributed by atoms with Crippen LogP contribution in [0.25, 0.3) is 0 Å². The van der Waals surface area contributed by atoms with Gasteiger partial charge in [0.15, 0.2) is 0 Å². The van der Waals surface area contributed by atoms with Crippen LogP contribution < -0.4 is 4.72 Å². The molecule has 0 aliphatic heterocycles. The molecule has 0 amide bonds. The number of halogens is 2. The van der Waals surface area contributed by atoms with Gasteiger partial charge in [-0.1, -0.05) is 23.2 Å². The van der Waals surface area contributed by atoms with Crippen molar-refractivity contribution < 1.29 is 8.42 Å². The van der Waals surface area contributed by atoms with Crippen LogP contribution in [0, 0.1) is 0 Å². The molecule has 0 spiro atoms. The van der Waals surface area contributed by atoms with Gasteiger partial charge >= 0.3 is 0 Å². The summed E-state index contributed by atoms with van der Waals surface area (Å²) in [6.07, 6.45) is 0. The van der Waals surface area contributed by atoms with Crippen molar-refractivity contribution in [1.29, 1.82) is 0 Å². The van der Waals surface area contributed by atoms with E-state index >= 15 is 0 Å². The zero-order valence-corrected chi connectivity index (χ0v) is 13.5. The maximum Gasteiger partial charge on any atom is 0.261 e. The summed E-state index contributed by atoms with van der Waals surface area (Å²) in [4.78, 5) is 3.85. The molecule has 2 aromatic rings. The second kappa shape index (κ2) is 6.56. The third kappa shape index (κ3) is 4.03. The Morgan fingerprint density at radius 3 is 2.29 bits per heavy atom. The number of nitrogens with one attached hydrogen (secondary N) is 1. The van der Waals surface area contributed by atoms with Gasteiger partial charge in [0, 0.05) is 0 Å². The summed E-state index contributed by atoms with van der Waals surface area (Å²) >= 11 is 16.1. The molecule has 0 saturated carbocycles. The molecule has 8 heteroatoms. The number of sulfonamides is 1. The maximum absolute atomic E-state index is 12.2. The summed E-state index contributed by atoms with van der Waals surface area (Å²) < 4.78 is 26.8. The first-order valence-corrected chi connectivity index (χ1v) is 8.23. The Morgan fingerprint density at radius 1 is 1.05 bits per heavy atom. The largest absolute Gasteiger partial charge is 0.280 e. The Kier molecular flexibility index (Phi) is 4.98. The molecule has 2 rings (SSSR count). The van der Waals surface area contributed by atoms with Gasteiger partial charge in [-0.25, -0.2) is 8.42 Å². The van der Waals surface area contributed by atoms with E-state index in [0.717, 1.165) is 0 Å². The summed E-state index contributed by atoms with van der Waals surface area (Å²) in [5, 5.41) is 2.82. The molecule has 0 aromatic heterocycles. The van der Waals surface area contributed by atoms with Crippen molar-refractivity contribution in [2.75, 3.05) is 4.72 Å². The Hall–Kier alpha value is -1.43. The fraction of sp³-hybridized carbons (Fsp3) is 0. The summed E-state index contributed by atoms with van der Waals surface area (Å²) in [6.45, 7) is 0. The molecule has 0 bridgehead atoms. The van der Waals surface area contributed by atoms with Gasteiger partial charge in [-0.2, -0.15) is 4.99 Å². The number of benzene rings is 2. The average molecular weight is 359 g/mol. The van der Waals surface area contributed by atoms with Gasteiger partial charge in [-0.05, 0) is 54.7 Å². The first kappa shape index (κ1) is 15.9. The number of rotatable bonds is 4. The molecule has 0 aliphatic carbocycles. The molecule has 4 nitrogen and oxygen atoms in total. The molecule has 0 atom stereocenters. The highest BCUT2D eigenvalue weighted by Gasteiger charge is 2.14. The van der Waals surface area contributed by atoms with Crippen molar-refractivity contribution in [1.82, 2.24) is 0 Å². The molecule has 21 heavy (non-hydrogen) atoms. The summed E-state index contributed by atoms with van der Waals surface area (Å²) in [6, 6.07) is 10.4. The van der Waals surface area contributed by atoms with E-state index in [-0.39, 0.29) is 9.92 Å². The molecule has 1 N–H and O–H groups in total. The third-order valence-corrected chi connectivity index (χ3v) is 4.72. The maximum atomic E-state index is 12.2. The zero-order valence-electron chi connectivity index (χ0n) is 10.4. The van der Waals surface area contributed by atoms with Gasteiger partial charge in [0.05, 0.1) is 31.5 Å². The second-order valence-electron chi connectivity index (χ2n) is 3.93. The van der Waals surface area contributed by atoms with Crippen molar-refractivity contribution in [2.24, 2.45) is 4.99 Å². The fourth-order valence-electron chi connectivity index (χ4n) is 1.53. The van der Waals surface area contributed by atoms with Crippen molar-refractivity contribution in [2.45, 2.75) is 4.90 Å². The topological polar surface area (TPSA) is 58.5 Å². The van der Waals surface area contributed by atoms with Crippen LogP contribution in [0.3, 0.4) is 0 Å². The Labute approximate surface area is 137 Å². The summed E-state index contributed by atoms with van der Waals surface area (Å²) in [5.74, 6) is 0. The molecule has 0 unspecified atom stereocenters. The molecule has 0 radical (unpaired) electrons. The van der Waals surface area contributed by atoms with Gasteiger partial charge in [0.1, 0.15) is 0 Å². The minimum atomic E-state index is -3.71. The standard InChI is InChI=1S/C13H8Cl2N2O2S2/c14-12-6-3-10(7-13(12)15)17-21(18,19)11-4-1-9(2-5-11)16-8-20/h1-7,17H. The number of anilines is 1. The van der Waals surface area contributed by atoms with E-state index in [4.69, 9.17) is 23.2 Å². The van der Waals surface area contributed by atoms with Crippen LogP contribution in [0.2, 0.25) is 10.0 Å². The van der Waals surface area contributed by atoms with E-state index in [2.05, 4.69) is 27.1 Å². The second-order valence-corrected chi connectivity index (χ2v) is 6.61. The molecule has 0 fully saturated rings. The van der Waals surface area contributed by atoms with Crippen molar-refractivity contribution in [3.8, 4) is 0 Å². The van der Waals surface area contributed by atoms with E-state index in [1.165, 1.54) is 42.5 Å². The highest BCUT2D eigenvalue weighted by atomic mass is 35.5. The van der Waals surface area contributed by atoms with E-state index in [1.807, 2.05) is 0 Å². The first-order valence-electron chi connectivity index (χ1n) is 5.58. The van der Waals surface area contributed by atoms with Crippen LogP contribution in [-0.2, 0) is 10.0 Å². The Morgan fingerprint density at radius 2 is 1.71 bits per heavy atom. The molecule has 0 heterocycles. The van der Waals surface area contributed by atoms with Gasteiger partial charge in [-0.3, -0.25) is 4.72 Å². The predicted octanol–water partition coefficient (Wildman–Crippen LogP) is 4.53. The number of aliphatic imine (C=N–C) groups is 1. The van der Waals surface area contributed by atoms with Gasteiger partial charge < -0.3 is 0 Å². The number of nitrogens with zero attached hydrogens (tertiary/aromatic N) is 1. The van der Waals surface area contributed by atoms with E-state index in [9.17, 15) is 8.42 Å². The average Bonchev–Trinajstić information content (AvgIpc) is 2.44. The molecule has 0 aliphatic rings. The normalized spacial score (nSPS) is 10.8. The van der Waals surface area contributed by atoms with Crippen LogP contribution in [0.15, 0.2) is 52.4 Å². The minimum absolute atomic E-state index is 0.0943. The lowest BCUT2D eigenvalue weighted by Gasteiger charge is -2.09. The molecule has 0 saturated heterocycles. The SMILES string of the molecule is O=S(=O)(Nc1ccc(Cl)c(Cl)c1)c1ccc(N=C=S)cc1. The number of isothiocyanates is 1. The lowest BCUT2D eigenvalue weighted by molar-refractivity contribution is 0.601. The number of thiocarbonyl (C=S) groups is 1. The highest BCUT2D eigenvalue weighted by Crippen LogP contribution is 2.26. The van der Waals surface area contributed by atoms with Crippen molar-refractivity contribution in [3.63, 3.8) is 0 Å². The van der Waals surface area contributed by atoms with Crippen molar-refractivity contribution >= 4 is 62.0 Å². The van der Waals surface area contributed by atoms with Crippen LogP contribution >= 0.6 is 35.4 Å². The summed E-state index contributed by atoms with van der Waals surface area (Å²) in [7, 11) is -3.71. The quantitative estimate of drug-likeness (QED) is 0.645.